The van der Waals surface area contributed by atoms with Gasteiger partial charge in [0.1, 0.15) is 5.56 Å². The van der Waals surface area contributed by atoms with Gasteiger partial charge in [-0.15, -0.1) is 0 Å². The Balaban J connectivity index is 2.54. The second-order valence-electron chi connectivity index (χ2n) is 4.26. The summed E-state index contributed by atoms with van der Waals surface area (Å²) in [6, 6.07) is 5.32. The molecule has 0 bridgehead atoms. The van der Waals surface area contributed by atoms with Gasteiger partial charge in [0.15, 0.2) is 5.11 Å². The van der Waals surface area contributed by atoms with Gasteiger partial charge in [-0.1, -0.05) is 12.1 Å². The van der Waals surface area contributed by atoms with Crippen LogP contribution in [-0.4, -0.2) is 34.4 Å². The predicted octanol–water partition coefficient (Wildman–Crippen LogP) is 0.350. The first-order chi connectivity index (χ1) is 11.8. The van der Waals surface area contributed by atoms with Crippen molar-refractivity contribution in [3.8, 4) is 0 Å². The van der Waals surface area contributed by atoms with Gasteiger partial charge in [0, 0.05) is 18.2 Å². The fraction of sp³-hybridized carbons (Fsp3) is 0.143. The van der Waals surface area contributed by atoms with Gasteiger partial charge in [0.25, 0.3) is 11.6 Å². The van der Waals surface area contributed by atoms with E-state index in [0.29, 0.717) is 0 Å². The monoisotopic (exact) mass is 366 g/mol. The molecule has 0 aliphatic carbocycles. The maximum atomic E-state index is 11.9. The summed E-state index contributed by atoms with van der Waals surface area (Å²) >= 11 is 4.77. The third-order valence-corrected chi connectivity index (χ3v) is 2.73. The summed E-state index contributed by atoms with van der Waals surface area (Å²) in [5.41, 5.74) is 3.77. The van der Waals surface area contributed by atoms with E-state index in [1.807, 2.05) is 0 Å². The lowest BCUT2D eigenvalue weighted by Gasteiger charge is -2.09. The number of thiocarbonyl (C=S) groups is 1. The van der Waals surface area contributed by atoms with Crippen LogP contribution in [0.5, 0.6) is 0 Å². The first-order valence-electron chi connectivity index (χ1n) is 6.84. The van der Waals surface area contributed by atoms with Crippen LogP contribution in [0.1, 0.15) is 17.3 Å². The quantitative estimate of drug-likeness (QED) is 0.223. The Morgan fingerprint density at radius 1 is 1.24 bits per heavy atom. The molecule has 0 aliphatic heterocycles. The van der Waals surface area contributed by atoms with Crippen molar-refractivity contribution in [3.63, 3.8) is 0 Å². The van der Waals surface area contributed by atoms with Gasteiger partial charge in [-0.2, -0.15) is 0 Å². The van der Waals surface area contributed by atoms with Crippen molar-refractivity contribution in [2.24, 2.45) is 0 Å². The van der Waals surface area contributed by atoms with Crippen molar-refractivity contribution in [1.82, 2.24) is 16.2 Å². The maximum Gasteiger partial charge on any atom is 0.330 e. The third-order valence-electron chi connectivity index (χ3n) is 2.53. The van der Waals surface area contributed by atoms with Crippen LogP contribution in [-0.2, 0) is 14.3 Å². The first kappa shape index (κ1) is 19.7. The summed E-state index contributed by atoms with van der Waals surface area (Å²) < 4.78 is 4.59. The molecule has 0 heterocycles. The Morgan fingerprint density at radius 3 is 2.56 bits per heavy atom. The SMILES string of the molecule is CCOC(=O)/C=C/C(=O)NC(=S)NNC(=O)c1ccccc1[N+](=O)[O-]. The van der Waals surface area contributed by atoms with Crippen molar-refractivity contribution in [1.29, 1.82) is 0 Å². The summed E-state index contributed by atoms with van der Waals surface area (Å²) in [5, 5.41) is 12.7. The standard InChI is InChI=1S/C14H14N4O6S/c1-2-24-12(20)8-7-11(19)15-14(25)17-16-13(21)9-5-3-4-6-10(9)18(22)23/h3-8H,2H2,1H3,(H,16,21)(H2,15,17,19,25)/b8-7+. The van der Waals surface area contributed by atoms with Gasteiger partial charge in [-0.25, -0.2) is 4.79 Å². The van der Waals surface area contributed by atoms with Gasteiger partial charge in [-0.3, -0.25) is 35.9 Å². The Bertz CT molecular complexity index is 734. The molecule has 10 nitrogen and oxygen atoms in total. The molecule has 25 heavy (non-hydrogen) atoms. The molecule has 0 fully saturated rings. The molecule has 11 heteroatoms. The molecule has 3 N–H and O–H groups in total. The van der Waals surface area contributed by atoms with Crippen LogP contribution in [0.3, 0.4) is 0 Å². The fourth-order valence-corrected chi connectivity index (χ4v) is 1.68. The normalized spacial score (nSPS) is 9.96. The van der Waals surface area contributed by atoms with E-state index in [4.69, 9.17) is 12.2 Å². The summed E-state index contributed by atoms with van der Waals surface area (Å²) in [7, 11) is 0. The minimum absolute atomic E-state index is 0.169. The molecule has 132 valence electrons. The zero-order valence-electron chi connectivity index (χ0n) is 13.0. The molecule has 0 spiro atoms. The number of nitro benzene ring substituents is 1. The zero-order chi connectivity index (χ0) is 18.8. The number of benzene rings is 1. The average molecular weight is 366 g/mol. The summed E-state index contributed by atoms with van der Waals surface area (Å²) in [6.07, 6.45) is 1.81. The average Bonchev–Trinajstić information content (AvgIpc) is 2.58. The molecule has 0 aliphatic rings. The lowest BCUT2D eigenvalue weighted by molar-refractivity contribution is -0.385. The Hall–Kier alpha value is -3.34. The van der Waals surface area contributed by atoms with Crippen LogP contribution in [0.4, 0.5) is 5.69 Å². The number of carbonyl (C=O) groups is 3. The van der Waals surface area contributed by atoms with E-state index in [1.54, 1.807) is 6.92 Å². The minimum Gasteiger partial charge on any atom is -0.463 e. The molecule has 0 unspecified atom stereocenters. The second kappa shape index (κ2) is 9.72. The number of hydrogen-bond acceptors (Lipinski definition) is 7. The summed E-state index contributed by atoms with van der Waals surface area (Å²) in [4.78, 5) is 44.6. The highest BCUT2D eigenvalue weighted by Gasteiger charge is 2.19. The zero-order valence-corrected chi connectivity index (χ0v) is 13.8. The number of hydrogen-bond donors (Lipinski definition) is 3. The van der Waals surface area contributed by atoms with E-state index < -0.39 is 22.7 Å². The number of carbonyl (C=O) groups excluding carboxylic acids is 3. The van der Waals surface area contributed by atoms with E-state index >= 15 is 0 Å². The molecule has 0 radical (unpaired) electrons. The van der Waals surface area contributed by atoms with Gasteiger partial charge < -0.3 is 4.74 Å². The lowest BCUT2D eigenvalue weighted by atomic mass is 10.2. The van der Waals surface area contributed by atoms with Gasteiger partial charge in [0.05, 0.1) is 11.5 Å². The number of nitrogens with one attached hydrogen (secondary N) is 3. The van der Waals surface area contributed by atoms with Crippen LogP contribution in [0.25, 0.3) is 0 Å². The molecule has 2 amide bonds. The highest BCUT2D eigenvalue weighted by atomic mass is 32.1. The van der Waals surface area contributed by atoms with E-state index in [1.165, 1.54) is 24.3 Å². The van der Waals surface area contributed by atoms with Gasteiger partial charge >= 0.3 is 5.97 Å². The number of nitrogens with zero attached hydrogens (tertiary/aromatic N) is 1. The van der Waals surface area contributed by atoms with Gasteiger partial charge in [-0.05, 0) is 25.2 Å². The molecule has 1 rings (SSSR count). The number of para-hydroxylation sites is 1. The molecule has 0 atom stereocenters. The lowest BCUT2D eigenvalue weighted by Crippen LogP contribution is -2.48. The number of nitro groups is 1. The third kappa shape index (κ3) is 6.74. The maximum absolute atomic E-state index is 11.9. The van der Waals surface area contributed by atoms with Crippen LogP contribution in [0.15, 0.2) is 36.4 Å². The summed E-state index contributed by atoms with van der Waals surface area (Å²) in [5.74, 6) is -2.24. The summed E-state index contributed by atoms with van der Waals surface area (Å²) in [6.45, 7) is 1.78. The van der Waals surface area contributed by atoms with Crippen LogP contribution < -0.4 is 16.2 Å². The molecule has 1 aromatic carbocycles. The fourth-order valence-electron chi connectivity index (χ4n) is 1.52. The number of esters is 1. The number of rotatable bonds is 5. The molecular formula is C14H14N4O6S. The van der Waals surface area contributed by atoms with Crippen LogP contribution in [0.2, 0.25) is 0 Å². The minimum atomic E-state index is -0.814. The molecule has 0 aromatic heterocycles. The van der Waals surface area contributed by atoms with E-state index in [0.717, 1.165) is 12.2 Å². The number of amides is 2. The van der Waals surface area contributed by atoms with E-state index in [2.05, 4.69) is 20.9 Å². The van der Waals surface area contributed by atoms with Crippen molar-refractivity contribution in [2.45, 2.75) is 6.92 Å². The number of ether oxygens (including phenoxy) is 1. The Kier molecular flexibility index (Phi) is 7.66. The van der Waals surface area contributed by atoms with Crippen molar-refractivity contribution < 1.29 is 24.0 Å². The van der Waals surface area contributed by atoms with Crippen molar-refractivity contribution in [3.05, 3.63) is 52.1 Å². The topological polar surface area (TPSA) is 140 Å². The molecular weight excluding hydrogens is 352 g/mol. The highest BCUT2D eigenvalue weighted by molar-refractivity contribution is 7.80. The first-order valence-corrected chi connectivity index (χ1v) is 7.25. The van der Waals surface area contributed by atoms with E-state index in [-0.39, 0.29) is 23.0 Å². The molecule has 0 saturated heterocycles. The smallest absolute Gasteiger partial charge is 0.330 e. The van der Waals surface area contributed by atoms with E-state index in [9.17, 15) is 24.5 Å². The Labute approximate surface area is 147 Å². The van der Waals surface area contributed by atoms with Crippen LogP contribution in [0, 0.1) is 10.1 Å². The second-order valence-corrected chi connectivity index (χ2v) is 4.67. The largest absolute Gasteiger partial charge is 0.463 e. The number of hydrazine groups is 1. The highest BCUT2D eigenvalue weighted by Crippen LogP contribution is 2.16. The van der Waals surface area contributed by atoms with Gasteiger partial charge in [0.2, 0.25) is 5.91 Å². The predicted molar refractivity (Wildman–Crippen MR) is 90.2 cm³/mol. The Morgan fingerprint density at radius 2 is 1.92 bits per heavy atom. The molecule has 0 saturated carbocycles. The van der Waals surface area contributed by atoms with Crippen LogP contribution >= 0.6 is 12.2 Å². The van der Waals surface area contributed by atoms with Crippen molar-refractivity contribution in [2.75, 3.05) is 6.61 Å². The van der Waals surface area contributed by atoms with Crippen molar-refractivity contribution >= 4 is 40.8 Å². The molecule has 1 aromatic rings.